The molecule has 0 bridgehead atoms. The largest absolute Gasteiger partial charge is 0.494 e. The third-order valence-corrected chi connectivity index (χ3v) is 4.67. The smallest absolute Gasteiger partial charge is 0.198 e. The molecule has 0 unspecified atom stereocenters. The first kappa shape index (κ1) is 18.7. The van der Waals surface area contributed by atoms with Gasteiger partial charge in [0.1, 0.15) is 5.75 Å². The summed E-state index contributed by atoms with van der Waals surface area (Å²) in [7, 11) is 5.47. The van der Waals surface area contributed by atoms with Gasteiger partial charge in [0.05, 0.1) is 29.5 Å². The Balaban J connectivity index is 2.11. The molecule has 0 saturated heterocycles. The van der Waals surface area contributed by atoms with Gasteiger partial charge in [0, 0.05) is 29.5 Å². The molecule has 0 fully saturated rings. The number of carbonyl (C=O) groups excluding carboxylic acids is 2. The molecule has 0 saturated carbocycles. The summed E-state index contributed by atoms with van der Waals surface area (Å²) in [6.45, 7) is 1.53. The highest BCUT2D eigenvalue weighted by molar-refractivity contribution is 6.33. The highest BCUT2D eigenvalue weighted by atomic mass is 16.5. The van der Waals surface area contributed by atoms with E-state index in [9.17, 15) is 9.59 Å². The van der Waals surface area contributed by atoms with E-state index < -0.39 is 0 Å². The summed E-state index contributed by atoms with van der Waals surface area (Å²) in [6.07, 6.45) is 0.870. The van der Waals surface area contributed by atoms with Crippen LogP contribution >= 0.6 is 0 Å². The summed E-state index contributed by atoms with van der Waals surface area (Å²) < 4.78 is 5.33. The number of nitrogen functional groups attached to an aromatic ring is 2. The van der Waals surface area contributed by atoms with Crippen LogP contribution < -0.4 is 21.5 Å². The van der Waals surface area contributed by atoms with Crippen molar-refractivity contribution in [1.29, 1.82) is 0 Å². The van der Waals surface area contributed by atoms with Gasteiger partial charge in [-0.25, -0.2) is 0 Å². The maximum Gasteiger partial charge on any atom is 0.198 e. The second kappa shape index (κ2) is 7.28. The van der Waals surface area contributed by atoms with E-state index in [0.717, 1.165) is 13.0 Å². The Morgan fingerprint density at radius 3 is 2.48 bits per heavy atom. The van der Waals surface area contributed by atoms with Crippen molar-refractivity contribution >= 4 is 28.6 Å². The summed E-state index contributed by atoms with van der Waals surface area (Å²) in [5.74, 6) is -0.265. The molecule has 5 N–H and O–H groups in total. The Bertz CT molecular complexity index is 922. The molecule has 0 atom stereocenters. The lowest BCUT2D eigenvalue weighted by Gasteiger charge is -2.24. The first-order valence-electron chi connectivity index (χ1n) is 8.73. The van der Waals surface area contributed by atoms with Gasteiger partial charge in [-0.1, -0.05) is 12.1 Å². The number of ketones is 2. The molecular weight excluding hydrogens is 344 g/mol. The molecule has 0 aromatic heterocycles. The Labute approximate surface area is 158 Å². The summed E-state index contributed by atoms with van der Waals surface area (Å²) in [4.78, 5) is 28.4. The zero-order valence-corrected chi connectivity index (χ0v) is 15.8. The van der Waals surface area contributed by atoms with Gasteiger partial charge < -0.3 is 26.4 Å². The lowest BCUT2D eigenvalue weighted by Crippen LogP contribution is -2.26. The summed E-state index contributed by atoms with van der Waals surface area (Å²) in [5.41, 5.74) is 14.1. The number of hydrogen-bond acceptors (Lipinski definition) is 7. The second-order valence-corrected chi connectivity index (χ2v) is 6.80. The molecule has 2 aromatic carbocycles. The predicted octanol–water partition coefficient (Wildman–Crippen LogP) is 2.00. The number of ether oxygens (including phenoxy) is 1. The molecule has 0 heterocycles. The minimum absolute atomic E-state index is 0.165. The van der Waals surface area contributed by atoms with E-state index in [1.165, 1.54) is 7.11 Å². The molecule has 0 spiro atoms. The molecule has 0 aliphatic heterocycles. The van der Waals surface area contributed by atoms with E-state index in [-0.39, 0.29) is 45.2 Å². The molecule has 0 amide bonds. The fraction of sp³-hybridized carbons (Fsp3) is 0.300. The van der Waals surface area contributed by atoms with Crippen LogP contribution in [0.5, 0.6) is 5.75 Å². The molecule has 1 aliphatic carbocycles. The number of methoxy groups -OCH3 is 1. The van der Waals surface area contributed by atoms with Crippen molar-refractivity contribution in [2.45, 2.75) is 6.42 Å². The quantitative estimate of drug-likeness (QED) is 0.451. The third-order valence-electron chi connectivity index (χ3n) is 4.67. The number of fused-ring (bicyclic) bond motifs is 2. The van der Waals surface area contributed by atoms with Crippen LogP contribution in [-0.4, -0.2) is 50.8 Å². The second-order valence-electron chi connectivity index (χ2n) is 6.80. The highest BCUT2D eigenvalue weighted by Gasteiger charge is 2.36. The van der Waals surface area contributed by atoms with Gasteiger partial charge in [-0.2, -0.15) is 0 Å². The van der Waals surface area contributed by atoms with Crippen LogP contribution in [-0.2, 0) is 0 Å². The number of hydrogen-bond donors (Lipinski definition) is 3. The average molecular weight is 368 g/mol. The Morgan fingerprint density at radius 2 is 1.81 bits per heavy atom. The molecule has 2 aromatic rings. The van der Waals surface area contributed by atoms with Crippen LogP contribution in [0.1, 0.15) is 38.3 Å². The fourth-order valence-corrected chi connectivity index (χ4v) is 3.34. The van der Waals surface area contributed by atoms with Gasteiger partial charge in [0.2, 0.25) is 0 Å². The minimum Gasteiger partial charge on any atom is -0.494 e. The Hall–Kier alpha value is -3.06. The summed E-state index contributed by atoms with van der Waals surface area (Å²) in [5, 5.41) is 3.26. The van der Waals surface area contributed by atoms with Crippen LogP contribution in [0.4, 0.5) is 17.1 Å². The van der Waals surface area contributed by atoms with Crippen LogP contribution in [0, 0.1) is 0 Å². The zero-order valence-electron chi connectivity index (χ0n) is 15.8. The van der Waals surface area contributed by atoms with Crippen LogP contribution in [0.3, 0.4) is 0 Å². The minimum atomic E-state index is -0.320. The van der Waals surface area contributed by atoms with Crippen LogP contribution in [0.25, 0.3) is 0 Å². The van der Waals surface area contributed by atoms with Crippen molar-refractivity contribution in [3.05, 3.63) is 46.5 Å². The van der Waals surface area contributed by atoms with E-state index in [1.807, 2.05) is 14.1 Å². The van der Waals surface area contributed by atoms with E-state index in [1.54, 1.807) is 24.3 Å². The fourth-order valence-electron chi connectivity index (χ4n) is 3.34. The monoisotopic (exact) mass is 368 g/mol. The van der Waals surface area contributed by atoms with Crippen molar-refractivity contribution in [2.75, 3.05) is 51.1 Å². The Kier molecular flexibility index (Phi) is 5.05. The molecule has 1 aliphatic rings. The summed E-state index contributed by atoms with van der Waals surface area (Å²) in [6, 6.07) is 6.53. The number of nitrogens with zero attached hydrogens (tertiary/aromatic N) is 1. The first-order valence-corrected chi connectivity index (χ1v) is 8.73. The number of carbonyl (C=O) groups is 2. The maximum absolute atomic E-state index is 13.2. The van der Waals surface area contributed by atoms with Gasteiger partial charge in [-0.15, -0.1) is 0 Å². The third kappa shape index (κ3) is 3.21. The lowest BCUT2D eigenvalue weighted by molar-refractivity contribution is 0.0980. The van der Waals surface area contributed by atoms with E-state index >= 15 is 0 Å². The lowest BCUT2D eigenvalue weighted by atomic mass is 9.81. The standard InChI is InChI=1S/C20H24N4O3/c1-24(2)9-5-8-23-13-10-14(27-3)18(22)17-16(13)20(26)15-11(19(17)25)6-4-7-12(15)21/h4,6-7,10,23H,5,8-9,21-22H2,1-3H3. The molecule has 27 heavy (non-hydrogen) atoms. The normalized spacial score (nSPS) is 12.7. The van der Waals surface area contributed by atoms with Gasteiger partial charge >= 0.3 is 0 Å². The molecule has 0 radical (unpaired) electrons. The number of anilines is 3. The summed E-state index contributed by atoms with van der Waals surface area (Å²) >= 11 is 0. The van der Waals surface area contributed by atoms with Gasteiger partial charge in [0.25, 0.3) is 0 Å². The topological polar surface area (TPSA) is 111 Å². The number of nitrogens with one attached hydrogen (secondary N) is 1. The van der Waals surface area contributed by atoms with Gasteiger partial charge in [0.15, 0.2) is 11.6 Å². The first-order chi connectivity index (χ1) is 12.9. The van der Waals surface area contributed by atoms with E-state index in [4.69, 9.17) is 16.2 Å². The number of benzene rings is 2. The van der Waals surface area contributed by atoms with Gasteiger partial charge in [-0.3, -0.25) is 9.59 Å². The molecule has 7 nitrogen and oxygen atoms in total. The van der Waals surface area contributed by atoms with Crippen LogP contribution in [0.2, 0.25) is 0 Å². The van der Waals surface area contributed by atoms with Crippen molar-refractivity contribution in [2.24, 2.45) is 0 Å². The van der Waals surface area contributed by atoms with E-state index in [0.29, 0.717) is 18.0 Å². The average Bonchev–Trinajstić information content (AvgIpc) is 2.63. The van der Waals surface area contributed by atoms with Crippen molar-refractivity contribution < 1.29 is 14.3 Å². The number of nitrogens with two attached hydrogens (primary N) is 2. The molecule has 7 heteroatoms. The molecule has 142 valence electrons. The predicted molar refractivity (Wildman–Crippen MR) is 107 cm³/mol. The maximum atomic E-state index is 13.2. The van der Waals surface area contributed by atoms with Crippen LogP contribution in [0.15, 0.2) is 24.3 Å². The van der Waals surface area contributed by atoms with E-state index in [2.05, 4.69) is 10.2 Å². The highest BCUT2D eigenvalue weighted by Crippen LogP contribution is 2.41. The van der Waals surface area contributed by atoms with Crippen molar-refractivity contribution in [1.82, 2.24) is 4.90 Å². The number of rotatable bonds is 6. The van der Waals surface area contributed by atoms with Gasteiger partial charge in [-0.05, 0) is 33.1 Å². The molecule has 3 rings (SSSR count). The Morgan fingerprint density at radius 1 is 1.07 bits per heavy atom. The SMILES string of the molecule is COc1cc(NCCCN(C)C)c2c(c1N)C(=O)c1cccc(N)c1C2=O. The molecular formula is C20H24N4O3. The van der Waals surface area contributed by atoms with Crippen molar-refractivity contribution in [3.63, 3.8) is 0 Å². The van der Waals surface area contributed by atoms with Crippen molar-refractivity contribution in [3.8, 4) is 5.75 Å². The zero-order chi connectivity index (χ0) is 19.7.